The van der Waals surface area contributed by atoms with E-state index in [2.05, 4.69) is 15.2 Å². The van der Waals surface area contributed by atoms with Crippen molar-refractivity contribution in [2.45, 2.75) is 6.42 Å². The molecule has 1 fully saturated rings. The molecule has 2 amide bonds. The highest BCUT2D eigenvalue weighted by molar-refractivity contribution is 6.35. The zero-order valence-electron chi connectivity index (χ0n) is 14.5. The summed E-state index contributed by atoms with van der Waals surface area (Å²) in [6.07, 6.45) is 2.35. The molecule has 1 aromatic heterocycles. The number of hydrogen-bond acceptors (Lipinski definition) is 5. The number of pyridine rings is 1. The van der Waals surface area contributed by atoms with E-state index in [4.69, 9.17) is 0 Å². The SMILES string of the molecule is O=C(NCCc1ccc(O)cc1)C(=O)N1CCN(c2ccccn2)CC1. The van der Waals surface area contributed by atoms with E-state index in [9.17, 15) is 14.7 Å². The Hall–Kier alpha value is -3.09. The quantitative estimate of drug-likeness (QED) is 0.793. The molecular weight excluding hydrogens is 332 g/mol. The van der Waals surface area contributed by atoms with Crippen molar-refractivity contribution in [1.29, 1.82) is 0 Å². The molecule has 1 aliphatic heterocycles. The summed E-state index contributed by atoms with van der Waals surface area (Å²) in [5.74, 6) is 0.0298. The van der Waals surface area contributed by atoms with Crippen LogP contribution in [0.2, 0.25) is 0 Å². The molecule has 136 valence electrons. The van der Waals surface area contributed by atoms with Crippen LogP contribution < -0.4 is 10.2 Å². The van der Waals surface area contributed by atoms with Crippen molar-refractivity contribution in [3.8, 4) is 5.75 Å². The van der Waals surface area contributed by atoms with E-state index >= 15 is 0 Å². The molecule has 0 aliphatic carbocycles. The van der Waals surface area contributed by atoms with Crippen molar-refractivity contribution in [1.82, 2.24) is 15.2 Å². The van der Waals surface area contributed by atoms with E-state index in [1.54, 1.807) is 35.4 Å². The van der Waals surface area contributed by atoms with Crippen molar-refractivity contribution in [3.05, 3.63) is 54.2 Å². The molecular formula is C19H22N4O3. The zero-order chi connectivity index (χ0) is 18.4. The van der Waals surface area contributed by atoms with Crippen molar-refractivity contribution in [3.63, 3.8) is 0 Å². The summed E-state index contributed by atoms with van der Waals surface area (Å²) < 4.78 is 0. The number of aromatic hydroxyl groups is 1. The largest absolute Gasteiger partial charge is 0.508 e. The average molecular weight is 354 g/mol. The van der Waals surface area contributed by atoms with Gasteiger partial charge in [0.05, 0.1) is 0 Å². The number of carbonyl (C=O) groups is 2. The topological polar surface area (TPSA) is 85.8 Å². The Bertz CT molecular complexity index is 741. The molecule has 0 bridgehead atoms. The molecule has 1 aliphatic rings. The molecule has 1 saturated heterocycles. The number of aromatic nitrogens is 1. The van der Waals surface area contributed by atoms with Gasteiger partial charge in [-0.25, -0.2) is 4.98 Å². The molecule has 2 N–H and O–H groups in total. The predicted octanol–water partition coefficient (Wildman–Crippen LogP) is 0.795. The molecule has 1 aromatic carbocycles. The van der Waals surface area contributed by atoms with Crippen LogP contribution in [0.3, 0.4) is 0 Å². The zero-order valence-corrected chi connectivity index (χ0v) is 14.5. The summed E-state index contributed by atoms with van der Waals surface area (Å²) in [6.45, 7) is 2.69. The first kappa shape index (κ1) is 17.7. The number of amides is 2. The second kappa shape index (κ2) is 8.33. The molecule has 0 saturated carbocycles. The third-order valence-corrected chi connectivity index (χ3v) is 4.37. The number of rotatable bonds is 4. The maximum Gasteiger partial charge on any atom is 0.312 e. The minimum absolute atomic E-state index is 0.206. The molecule has 7 heteroatoms. The minimum Gasteiger partial charge on any atom is -0.508 e. The van der Waals surface area contributed by atoms with E-state index < -0.39 is 11.8 Å². The highest BCUT2D eigenvalue weighted by Gasteiger charge is 2.26. The third-order valence-electron chi connectivity index (χ3n) is 4.37. The molecule has 3 rings (SSSR count). The van der Waals surface area contributed by atoms with Crippen molar-refractivity contribution in [2.75, 3.05) is 37.6 Å². The van der Waals surface area contributed by atoms with Crippen LogP contribution in [-0.4, -0.2) is 59.5 Å². The van der Waals surface area contributed by atoms with E-state index in [1.165, 1.54) is 0 Å². The van der Waals surface area contributed by atoms with Gasteiger partial charge >= 0.3 is 11.8 Å². The number of anilines is 1. The molecule has 0 radical (unpaired) electrons. The van der Waals surface area contributed by atoms with Crippen molar-refractivity contribution < 1.29 is 14.7 Å². The van der Waals surface area contributed by atoms with Gasteiger partial charge in [-0.05, 0) is 36.2 Å². The lowest BCUT2D eigenvalue weighted by molar-refractivity contribution is -0.146. The first-order valence-electron chi connectivity index (χ1n) is 8.64. The highest BCUT2D eigenvalue weighted by Crippen LogP contribution is 2.12. The fourth-order valence-electron chi connectivity index (χ4n) is 2.88. The summed E-state index contributed by atoms with van der Waals surface area (Å²) in [7, 11) is 0. The Balaban J connectivity index is 1.43. The summed E-state index contributed by atoms with van der Waals surface area (Å²) in [6, 6.07) is 12.5. The van der Waals surface area contributed by atoms with Crippen molar-refractivity contribution >= 4 is 17.6 Å². The van der Waals surface area contributed by atoms with Gasteiger partial charge in [-0.3, -0.25) is 9.59 Å². The molecule has 0 atom stereocenters. The van der Waals surface area contributed by atoms with E-state index in [0.717, 1.165) is 11.4 Å². The Morgan fingerprint density at radius 2 is 1.77 bits per heavy atom. The lowest BCUT2D eigenvalue weighted by Gasteiger charge is -2.35. The molecule has 0 spiro atoms. The van der Waals surface area contributed by atoms with Gasteiger partial charge in [0.2, 0.25) is 0 Å². The molecule has 2 aromatic rings. The van der Waals surface area contributed by atoms with Gasteiger partial charge in [-0.15, -0.1) is 0 Å². The maximum atomic E-state index is 12.3. The maximum absolute atomic E-state index is 12.3. The Kier molecular flexibility index (Phi) is 5.68. The Labute approximate surface area is 152 Å². The first-order chi connectivity index (χ1) is 12.6. The van der Waals surface area contributed by atoms with Crippen LogP contribution in [0.5, 0.6) is 5.75 Å². The lowest BCUT2D eigenvalue weighted by Crippen LogP contribution is -2.53. The smallest absolute Gasteiger partial charge is 0.312 e. The number of nitrogens with one attached hydrogen (secondary N) is 1. The number of phenolic OH excluding ortho intramolecular Hbond substituents is 1. The molecule has 2 heterocycles. The average Bonchev–Trinajstić information content (AvgIpc) is 2.69. The molecule has 0 unspecified atom stereocenters. The van der Waals surface area contributed by atoms with Crippen LogP contribution in [0.4, 0.5) is 5.82 Å². The van der Waals surface area contributed by atoms with Gasteiger partial charge in [-0.2, -0.15) is 0 Å². The number of hydrogen-bond donors (Lipinski definition) is 2. The van der Waals surface area contributed by atoms with Gasteiger partial charge in [0.25, 0.3) is 0 Å². The normalized spacial score (nSPS) is 14.2. The van der Waals surface area contributed by atoms with Crippen molar-refractivity contribution in [2.24, 2.45) is 0 Å². The summed E-state index contributed by atoms with van der Waals surface area (Å²) >= 11 is 0. The summed E-state index contributed by atoms with van der Waals surface area (Å²) in [4.78, 5) is 32.3. The number of benzene rings is 1. The van der Waals surface area contributed by atoms with Gasteiger partial charge in [0.1, 0.15) is 11.6 Å². The Morgan fingerprint density at radius 1 is 1.04 bits per heavy atom. The third kappa shape index (κ3) is 4.50. The number of nitrogens with zero attached hydrogens (tertiary/aromatic N) is 3. The van der Waals surface area contributed by atoms with Gasteiger partial charge in [-0.1, -0.05) is 18.2 Å². The van der Waals surface area contributed by atoms with Crippen LogP contribution in [0.1, 0.15) is 5.56 Å². The van der Waals surface area contributed by atoms with Crippen LogP contribution in [0.25, 0.3) is 0 Å². The Morgan fingerprint density at radius 3 is 2.42 bits per heavy atom. The number of carbonyl (C=O) groups excluding carboxylic acids is 2. The molecule has 26 heavy (non-hydrogen) atoms. The van der Waals surface area contributed by atoms with Crippen LogP contribution >= 0.6 is 0 Å². The predicted molar refractivity (Wildman–Crippen MR) is 97.9 cm³/mol. The highest BCUT2D eigenvalue weighted by atomic mass is 16.3. The summed E-state index contributed by atoms with van der Waals surface area (Å²) in [5, 5.41) is 11.9. The fourth-order valence-corrected chi connectivity index (χ4v) is 2.88. The number of piperazine rings is 1. The van der Waals surface area contributed by atoms with Gasteiger partial charge in [0.15, 0.2) is 0 Å². The van der Waals surface area contributed by atoms with Crippen LogP contribution in [-0.2, 0) is 16.0 Å². The van der Waals surface area contributed by atoms with Gasteiger partial charge < -0.3 is 20.2 Å². The second-order valence-corrected chi connectivity index (χ2v) is 6.14. The van der Waals surface area contributed by atoms with E-state index in [0.29, 0.717) is 39.1 Å². The van der Waals surface area contributed by atoms with E-state index in [-0.39, 0.29) is 5.75 Å². The fraction of sp³-hybridized carbons (Fsp3) is 0.316. The lowest BCUT2D eigenvalue weighted by atomic mass is 10.1. The van der Waals surface area contributed by atoms with Crippen LogP contribution in [0.15, 0.2) is 48.7 Å². The van der Waals surface area contributed by atoms with Gasteiger partial charge in [0, 0.05) is 38.9 Å². The monoisotopic (exact) mass is 354 g/mol. The second-order valence-electron chi connectivity index (χ2n) is 6.14. The number of phenols is 1. The van der Waals surface area contributed by atoms with E-state index in [1.807, 2.05) is 18.2 Å². The minimum atomic E-state index is -0.574. The standard InChI is InChI=1S/C19H22N4O3/c24-16-6-4-15(5-7-16)8-10-21-18(25)19(26)23-13-11-22(12-14-23)17-3-1-2-9-20-17/h1-7,9,24H,8,10-14H2,(H,21,25). The first-order valence-corrected chi connectivity index (χ1v) is 8.64. The molecule has 7 nitrogen and oxygen atoms in total. The van der Waals surface area contributed by atoms with Crippen LogP contribution in [0, 0.1) is 0 Å². The summed E-state index contributed by atoms with van der Waals surface area (Å²) in [5.41, 5.74) is 0.986.